The fourth-order valence-electron chi connectivity index (χ4n) is 3.43. The third-order valence-electron chi connectivity index (χ3n) is 4.71. The van der Waals surface area contributed by atoms with Gasteiger partial charge in [0.15, 0.2) is 23.0 Å². The number of hydrogen-bond acceptors (Lipinski definition) is 6. The third-order valence-corrected chi connectivity index (χ3v) is 4.71. The van der Waals surface area contributed by atoms with Crippen molar-refractivity contribution in [2.45, 2.75) is 13.1 Å². The molecule has 0 atom stereocenters. The standard InChI is InChI=1S/C20H19N3O4/c1-23(9-13-2-4-16-18(6-13)26-11-24-16)10-15-8-21-22-20(15)14-3-5-17-19(7-14)27-12-25-17/h2-8H,9-12H2,1H3,(H,21,22). The maximum atomic E-state index is 5.48. The Balaban J connectivity index is 1.32. The van der Waals surface area contributed by atoms with Crippen molar-refractivity contribution >= 4 is 0 Å². The molecule has 0 unspecified atom stereocenters. The summed E-state index contributed by atoms with van der Waals surface area (Å²) in [5.74, 6) is 3.16. The molecule has 7 nitrogen and oxygen atoms in total. The van der Waals surface area contributed by atoms with Gasteiger partial charge in [-0.1, -0.05) is 6.07 Å². The molecule has 138 valence electrons. The highest BCUT2D eigenvalue weighted by atomic mass is 16.7. The Morgan fingerprint density at radius 2 is 1.59 bits per heavy atom. The lowest BCUT2D eigenvalue weighted by Gasteiger charge is -2.17. The van der Waals surface area contributed by atoms with Gasteiger partial charge in [-0.2, -0.15) is 5.10 Å². The predicted molar refractivity (Wildman–Crippen MR) is 97.9 cm³/mol. The Bertz CT molecular complexity index is 985. The molecule has 0 amide bonds. The van der Waals surface area contributed by atoms with Crippen LogP contribution in [0.4, 0.5) is 0 Å². The van der Waals surface area contributed by atoms with Gasteiger partial charge < -0.3 is 18.9 Å². The van der Waals surface area contributed by atoms with Crippen LogP contribution in [0.2, 0.25) is 0 Å². The fourth-order valence-corrected chi connectivity index (χ4v) is 3.43. The van der Waals surface area contributed by atoms with Crippen molar-refractivity contribution in [3.8, 4) is 34.3 Å². The SMILES string of the molecule is CN(Cc1ccc2c(c1)OCO2)Cc1cn[nH]c1-c1ccc2c(c1)OCO2. The molecule has 0 aliphatic carbocycles. The van der Waals surface area contributed by atoms with Crippen molar-refractivity contribution < 1.29 is 18.9 Å². The van der Waals surface area contributed by atoms with Gasteiger partial charge in [0, 0.05) is 24.2 Å². The van der Waals surface area contributed by atoms with Gasteiger partial charge in [0.2, 0.25) is 13.6 Å². The molecule has 3 heterocycles. The number of hydrogen-bond donors (Lipinski definition) is 1. The van der Waals surface area contributed by atoms with Gasteiger partial charge in [-0.3, -0.25) is 10.00 Å². The average Bonchev–Trinajstić information content (AvgIpc) is 3.40. The second-order valence-electron chi connectivity index (χ2n) is 6.70. The van der Waals surface area contributed by atoms with Crippen LogP contribution in [0.1, 0.15) is 11.1 Å². The molecule has 3 aromatic rings. The van der Waals surface area contributed by atoms with Crippen LogP contribution >= 0.6 is 0 Å². The van der Waals surface area contributed by atoms with Crippen molar-refractivity contribution in [2.24, 2.45) is 0 Å². The van der Waals surface area contributed by atoms with Gasteiger partial charge >= 0.3 is 0 Å². The van der Waals surface area contributed by atoms with Gasteiger partial charge in [-0.25, -0.2) is 0 Å². The number of nitrogens with one attached hydrogen (secondary N) is 1. The maximum absolute atomic E-state index is 5.48. The Hall–Kier alpha value is -3.19. The third kappa shape index (κ3) is 3.06. The number of aromatic nitrogens is 2. The van der Waals surface area contributed by atoms with E-state index in [9.17, 15) is 0 Å². The van der Waals surface area contributed by atoms with Crippen molar-refractivity contribution in [3.63, 3.8) is 0 Å². The van der Waals surface area contributed by atoms with Crippen LogP contribution < -0.4 is 18.9 Å². The molecule has 0 spiro atoms. The molecular formula is C20H19N3O4. The molecule has 2 aliphatic rings. The number of nitrogens with zero attached hydrogens (tertiary/aromatic N) is 2. The van der Waals surface area contributed by atoms with E-state index >= 15 is 0 Å². The van der Waals surface area contributed by atoms with Crippen LogP contribution in [0, 0.1) is 0 Å². The summed E-state index contributed by atoms with van der Waals surface area (Å²) in [6.07, 6.45) is 1.87. The molecule has 7 heteroatoms. The first-order valence-corrected chi connectivity index (χ1v) is 8.75. The first kappa shape index (κ1) is 16.0. The number of benzene rings is 2. The van der Waals surface area contributed by atoms with Crippen molar-refractivity contribution in [1.82, 2.24) is 15.1 Å². The molecule has 0 saturated heterocycles. The Morgan fingerprint density at radius 1 is 0.889 bits per heavy atom. The van der Waals surface area contributed by atoms with E-state index in [-0.39, 0.29) is 6.79 Å². The summed E-state index contributed by atoms with van der Waals surface area (Å²) in [4.78, 5) is 2.23. The van der Waals surface area contributed by atoms with E-state index in [2.05, 4.69) is 28.2 Å². The topological polar surface area (TPSA) is 68.8 Å². The van der Waals surface area contributed by atoms with Gasteiger partial charge in [0.05, 0.1) is 11.9 Å². The molecule has 0 fully saturated rings. The first-order valence-electron chi connectivity index (χ1n) is 8.75. The zero-order chi connectivity index (χ0) is 18.2. The van der Waals surface area contributed by atoms with Gasteiger partial charge in [-0.05, 0) is 42.9 Å². The number of aromatic amines is 1. The van der Waals surface area contributed by atoms with E-state index < -0.39 is 0 Å². The summed E-state index contributed by atoms with van der Waals surface area (Å²) in [6, 6.07) is 12.0. The molecule has 0 radical (unpaired) electrons. The van der Waals surface area contributed by atoms with Crippen LogP contribution in [0.15, 0.2) is 42.6 Å². The number of H-pyrrole nitrogens is 1. The summed E-state index contributed by atoms with van der Waals surface area (Å²) < 4.78 is 21.7. The van der Waals surface area contributed by atoms with E-state index in [0.717, 1.165) is 52.9 Å². The number of fused-ring (bicyclic) bond motifs is 2. The lowest BCUT2D eigenvalue weighted by molar-refractivity contribution is 0.173. The highest BCUT2D eigenvalue weighted by molar-refractivity contribution is 5.66. The van der Waals surface area contributed by atoms with E-state index in [4.69, 9.17) is 18.9 Å². The Labute approximate surface area is 156 Å². The minimum atomic E-state index is 0.271. The van der Waals surface area contributed by atoms with E-state index in [0.29, 0.717) is 6.79 Å². The zero-order valence-electron chi connectivity index (χ0n) is 14.9. The lowest BCUT2D eigenvalue weighted by atomic mass is 10.1. The normalized spacial score (nSPS) is 14.1. The lowest BCUT2D eigenvalue weighted by Crippen LogP contribution is -2.17. The number of ether oxygens (including phenoxy) is 4. The summed E-state index contributed by atoms with van der Waals surface area (Å²) in [6.45, 7) is 2.12. The average molecular weight is 365 g/mol. The van der Waals surface area contributed by atoms with E-state index in [1.165, 1.54) is 5.56 Å². The van der Waals surface area contributed by atoms with Crippen LogP contribution in [-0.2, 0) is 13.1 Å². The minimum absolute atomic E-state index is 0.271. The van der Waals surface area contributed by atoms with Crippen LogP contribution in [-0.4, -0.2) is 35.7 Å². The molecule has 1 aromatic heterocycles. The summed E-state index contributed by atoms with van der Waals surface area (Å²) >= 11 is 0. The molecule has 5 rings (SSSR count). The molecular weight excluding hydrogens is 346 g/mol. The molecule has 0 bridgehead atoms. The van der Waals surface area contributed by atoms with Gasteiger partial charge in [0.1, 0.15) is 0 Å². The number of rotatable bonds is 5. The molecule has 27 heavy (non-hydrogen) atoms. The summed E-state index contributed by atoms with van der Waals surface area (Å²) in [5, 5.41) is 7.35. The highest BCUT2D eigenvalue weighted by Crippen LogP contribution is 2.36. The van der Waals surface area contributed by atoms with Crippen molar-refractivity contribution in [2.75, 3.05) is 20.6 Å². The second-order valence-corrected chi connectivity index (χ2v) is 6.70. The fraction of sp³-hybridized carbons (Fsp3) is 0.250. The second kappa shape index (κ2) is 6.51. The highest BCUT2D eigenvalue weighted by Gasteiger charge is 2.18. The van der Waals surface area contributed by atoms with Gasteiger partial charge in [0.25, 0.3) is 0 Å². The monoisotopic (exact) mass is 365 g/mol. The van der Waals surface area contributed by atoms with Crippen LogP contribution in [0.3, 0.4) is 0 Å². The Morgan fingerprint density at radius 3 is 2.41 bits per heavy atom. The summed E-state index contributed by atoms with van der Waals surface area (Å²) in [7, 11) is 2.08. The largest absolute Gasteiger partial charge is 0.454 e. The Kier molecular flexibility index (Phi) is 3.86. The van der Waals surface area contributed by atoms with E-state index in [1.807, 2.05) is 36.5 Å². The van der Waals surface area contributed by atoms with Crippen molar-refractivity contribution in [3.05, 3.63) is 53.7 Å². The first-order chi connectivity index (χ1) is 13.3. The van der Waals surface area contributed by atoms with Gasteiger partial charge in [-0.15, -0.1) is 0 Å². The maximum Gasteiger partial charge on any atom is 0.231 e. The minimum Gasteiger partial charge on any atom is -0.454 e. The quantitative estimate of drug-likeness (QED) is 0.749. The zero-order valence-corrected chi connectivity index (χ0v) is 14.9. The molecule has 0 saturated carbocycles. The molecule has 2 aliphatic heterocycles. The predicted octanol–water partition coefficient (Wildman–Crippen LogP) is 3.17. The van der Waals surface area contributed by atoms with Crippen LogP contribution in [0.25, 0.3) is 11.3 Å². The molecule has 2 aromatic carbocycles. The molecule has 1 N–H and O–H groups in total. The van der Waals surface area contributed by atoms with E-state index in [1.54, 1.807) is 0 Å². The van der Waals surface area contributed by atoms with Crippen LogP contribution in [0.5, 0.6) is 23.0 Å². The smallest absolute Gasteiger partial charge is 0.231 e. The summed E-state index contributed by atoms with van der Waals surface area (Å²) in [5.41, 5.74) is 4.32. The van der Waals surface area contributed by atoms with Crippen molar-refractivity contribution in [1.29, 1.82) is 0 Å².